The van der Waals surface area contributed by atoms with Crippen LogP contribution in [0.15, 0.2) is 47.6 Å². The first-order chi connectivity index (χ1) is 13.6. The minimum Gasteiger partial charge on any atom is -0.493 e. The smallest absolute Gasteiger partial charge is 0.268 e. The van der Waals surface area contributed by atoms with Crippen LogP contribution in [0.3, 0.4) is 0 Å². The highest BCUT2D eigenvalue weighted by Gasteiger charge is 2.29. The predicted molar refractivity (Wildman–Crippen MR) is 108 cm³/mol. The Kier molecular flexibility index (Phi) is 4.06. The first kappa shape index (κ1) is 17.5. The molecule has 1 aromatic carbocycles. The molecule has 2 aromatic heterocycles. The molecule has 0 aliphatic carbocycles. The molecule has 1 N–H and O–H groups in total. The summed E-state index contributed by atoms with van der Waals surface area (Å²) in [6.07, 6.45) is 4.03. The van der Waals surface area contributed by atoms with E-state index >= 15 is 0 Å². The fraction of sp³-hybridized carbons (Fsp3) is 0.350. The number of ether oxygens (including phenoxy) is 1. The number of anilines is 1. The predicted octanol–water partition coefficient (Wildman–Crippen LogP) is 2.01. The number of nitrogens with zero attached hydrogens (tertiary/aromatic N) is 3. The third-order valence-corrected chi connectivity index (χ3v) is 7.21. The van der Waals surface area contributed by atoms with Crippen LogP contribution in [-0.2, 0) is 16.4 Å². The molecule has 1 saturated heterocycles. The Morgan fingerprint density at radius 1 is 1.25 bits per heavy atom. The topological polar surface area (TPSA) is 76.5 Å². The highest BCUT2D eigenvalue weighted by molar-refractivity contribution is 7.90. The zero-order valence-corrected chi connectivity index (χ0v) is 16.4. The Labute approximate surface area is 164 Å². The van der Waals surface area contributed by atoms with Gasteiger partial charge in [-0.05, 0) is 31.2 Å². The quantitative estimate of drug-likeness (QED) is 0.727. The Balaban J connectivity index is 1.69. The van der Waals surface area contributed by atoms with Crippen LogP contribution in [0.2, 0.25) is 0 Å². The molecule has 0 radical (unpaired) electrons. The Bertz CT molecular complexity index is 1160. The second-order valence-corrected chi connectivity index (χ2v) is 9.10. The largest absolute Gasteiger partial charge is 0.493 e. The van der Waals surface area contributed by atoms with Gasteiger partial charge in [0.05, 0.1) is 22.7 Å². The van der Waals surface area contributed by atoms with Gasteiger partial charge in [0.25, 0.3) is 10.0 Å². The van der Waals surface area contributed by atoms with Crippen molar-refractivity contribution in [1.82, 2.24) is 14.3 Å². The summed E-state index contributed by atoms with van der Waals surface area (Å²) >= 11 is 0. The Morgan fingerprint density at radius 3 is 3.00 bits per heavy atom. The molecular formula is C20H22N4O3S. The lowest BCUT2D eigenvalue weighted by molar-refractivity contribution is 0.357. The fourth-order valence-corrected chi connectivity index (χ4v) is 5.75. The molecule has 2 aliphatic heterocycles. The van der Waals surface area contributed by atoms with Gasteiger partial charge in [-0.1, -0.05) is 6.07 Å². The normalized spacial score (nSPS) is 19.6. The number of rotatable bonds is 3. The van der Waals surface area contributed by atoms with Crippen LogP contribution in [0.5, 0.6) is 5.75 Å². The van der Waals surface area contributed by atoms with E-state index in [4.69, 9.17) is 4.74 Å². The van der Waals surface area contributed by atoms with Crippen molar-refractivity contribution in [2.24, 2.45) is 0 Å². The van der Waals surface area contributed by atoms with Crippen LogP contribution >= 0.6 is 0 Å². The number of hydrogen-bond donors (Lipinski definition) is 1. The van der Waals surface area contributed by atoms with Crippen molar-refractivity contribution >= 4 is 26.7 Å². The summed E-state index contributed by atoms with van der Waals surface area (Å²) in [4.78, 5) is 7.03. The van der Waals surface area contributed by atoms with Crippen LogP contribution in [0.4, 0.5) is 5.69 Å². The van der Waals surface area contributed by atoms with Crippen LogP contribution in [0.1, 0.15) is 12.5 Å². The molecule has 0 saturated carbocycles. The molecule has 0 spiro atoms. The Morgan fingerprint density at radius 2 is 2.14 bits per heavy atom. The van der Waals surface area contributed by atoms with E-state index < -0.39 is 10.0 Å². The van der Waals surface area contributed by atoms with Gasteiger partial charge in [0, 0.05) is 50.1 Å². The number of fused-ring (bicyclic) bond motifs is 2. The molecule has 2 aliphatic rings. The highest BCUT2D eigenvalue weighted by Crippen LogP contribution is 2.35. The zero-order valence-electron chi connectivity index (χ0n) is 15.6. The summed E-state index contributed by atoms with van der Waals surface area (Å²) in [7, 11) is -3.77. The third kappa shape index (κ3) is 2.67. The first-order valence-electron chi connectivity index (χ1n) is 9.50. The number of nitrogens with one attached hydrogen (secondary N) is 1. The van der Waals surface area contributed by atoms with E-state index in [1.807, 2.05) is 12.1 Å². The van der Waals surface area contributed by atoms with Crippen LogP contribution in [0, 0.1) is 0 Å². The molecule has 28 heavy (non-hydrogen) atoms. The Hall–Kier alpha value is -2.58. The first-order valence-corrected chi connectivity index (χ1v) is 10.9. The summed E-state index contributed by atoms with van der Waals surface area (Å²) in [5.41, 5.74) is 2.92. The molecule has 0 bridgehead atoms. The molecule has 0 unspecified atom stereocenters. The van der Waals surface area contributed by atoms with Crippen molar-refractivity contribution < 1.29 is 13.2 Å². The van der Waals surface area contributed by atoms with Crippen molar-refractivity contribution in [3.63, 3.8) is 0 Å². The van der Waals surface area contributed by atoms with Crippen molar-refractivity contribution in [2.45, 2.75) is 24.3 Å². The second-order valence-electron chi connectivity index (χ2n) is 7.32. The standard InChI is InChI=1S/C20H22N4O3S/c1-14-12-23(10-9-21-14)17-13-24(16-4-3-8-22-20(16)17)28(25,26)19-6-2-5-18-15(19)7-11-27-18/h2-6,8,13-14,21H,7,9-12H2,1H3/t14-/m1/s1. The number of piperazine rings is 1. The van der Waals surface area contributed by atoms with Crippen LogP contribution in [0.25, 0.3) is 11.0 Å². The number of hydrogen-bond acceptors (Lipinski definition) is 6. The molecule has 3 aromatic rings. The molecule has 5 rings (SSSR count). The van der Waals surface area contributed by atoms with Crippen LogP contribution < -0.4 is 15.0 Å². The number of pyridine rings is 1. The second kappa shape index (κ2) is 6.49. The molecule has 7 nitrogen and oxygen atoms in total. The molecule has 1 fully saturated rings. The fourth-order valence-electron chi connectivity index (χ4n) is 4.13. The summed E-state index contributed by atoms with van der Waals surface area (Å²) in [5, 5.41) is 3.42. The summed E-state index contributed by atoms with van der Waals surface area (Å²) in [6.45, 7) is 5.12. The molecule has 146 valence electrons. The van der Waals surface area contributed by atoms with E-state index in [9.17, 15) is 8.42 Å². The lowest BCUT2D eigenvalue weighted by atomic mass is 10.2. The van der Waals surface area contributed by atoms with Gasteiger partial charge in [0.2, 0.25) is 0 Å². The molecule has 0 amide bonds. The SMILES string of the molecule is C[C@@H]1CN(c2cn(S(=O)(=O)c3cccc4c3CCO4)c3cccnc23)CCN1. The van der Waals surface area contributed by atoms with E-state index in [0.717, 1.165) is 30.9 Å². The van der Waals surface area contributed by atoms with E-state index in [-0.39, 0.29) is 0 Å². The average Bonchev–Trinajstić information content (AvgIpc) is 3.32. The van der Waals surface area contributed by atoms with Crippen molar-refractivity contribution in [2.75, 3.05) is 31.1 Å². The molecule has 4 heterocycles. The monoisotopic (exact) mass is 398 g/mol. The van der Waals surface area contributed by atoms with Crippen molar-refractivity contribution in [3.8, 4) is 5.75 Å². The van der Waals surface area contributed by atoms with Crippen molar-refractivity contribution in [1.29, 1.82) is 0 Å². The zero-order chi connectivity index (χ0) is 19.3. The average molecular weight is 398 g/mol. The van der Waals surface area contributed by atoms with E-state index in [0.29, 0.717) is 40.7 Å². The highest BCUT2D eigenvalue weighted by atomic mass is 32.2. The third-order valence-electron chi connectivity index (χ3n) is 5.45. The maximum absolute atomic E-state index is 13.6. The summed E-state index contributed by atoms with van der Waals surface area (Å²) in [5.74, 6) is 0.659. The van der Waals surface area contributed by atoms with Gasteiger partial charge in [0.15, 0.2) is 0 Å². The van der Waals surface area contributed by atoms with E-state index in [2.05, 4.69) is 22.1 Å². The van der Waals surface area contributed by atoms with Crippen molar-refractivity contribution in [3.05, 3.63) is 48.3 Å². The van der Waals surface area contributed by atoms with Gasteiger partial charge in [-0.25, -0.2) is 12.4 Å². The van der Waals surface area contributed by atoms with Gasteiger partial charge in [-0.3, -0.25) is 4.98 Å². The van der Waals surface area contributed by atoms with Gasteiger partial charge >= 0.3 is 0 Å². The van der Waals surface area contributed by atoms with E-state index in [1.165, 1.54) is 3.97 Å². The number of benzene rings is 1. The van der Waals surface area contributed by atoms with Gasteiger partial charge in [-0.2, -0.15) is 0 Å². The van der Waals surface area contributed by atoms with Crippen LogP contribution in [-0.4, -0.2) is 49.7 Å². The maximum Gasteiger partial charge on any atom is 0.268 e. The lowest BCUT2D eigenvalue weighted by Crippen LogP contribution is -2.49. The minimum atomic E-state index is -3.77. The van der Waals surface area contributed by atoms with Gasteiger partial charge in [0.1, 0.15) is 11.3 Å². The lowest BCUT2D eigenvalue weighted by Gasteiger charge is -2.32. The maximum atomic E-state index is 13.6. The summed E-state index contributed by atoms with van der Waals surface area (Å²) < 4.78 is 34.2. The van der Waals surface area contributed by atoms with Gasteiger partial charge in [-0.15, -0.1) is 0 Å². The molecular weight excluding hydrogens is 376 g/mol. The number of aromatic nitrogens is 2. The van der Waals surface area contributed by atoms with E-state index in [1.54, 1.807) is 30.6 Å². The molecule has 1 atom stereocenters. The minimum absolute atomic E-state index is 0.309. The molecule has 8 heteroatoms. The van der Waals surface area contributed by atoms with Gasteiger partial charge < -0.3 is 15.0 Å². The summed E-state index contributed by atoms with van der Waals surface area (Å²) in [6, 6.07) is 9.15.